The van der Waals surface area contributed by atoms with Crippen LogP contribution in [0.2, 0.25) is 0 Å². The second kappa shape index (κ2) is 5.53. The van der Waals surface area contributed by atoms with Crippen LogP contribution in [0.5, 0.6) is 5.88 Å². The summed E-state index contributed by atoms with van der Waals surface area (Å²) in [7, 11) is 1.61. The zero-order valence-electron chi connectivity index (χ0n) is 10.9. The Morgan fingerprint density at radius 2 is 2.22 bits per heavy atom. The molecule has 0 aliphatic rings. The van der Waals surface area contributed by atoms with Gasteiger partial charge in [0, 0.05) is 24.4 Å². The van der Waals surface area contributed by atoms with Crippen molar-refractivity contribution < 1.29 is 4.74 Å². The summed E-state index contributed by atoms with van der Waals surface area (Å²) in [6.45, 7) is 5.06. The molecule has 2 aromatic heterocycles. The van der Waals surface area contributed by atoms with E-state index in [0.717, 1.165) is 17.8 Å². The number of aromatic nitrogens is 3. The average Bonchev–Trinajstić information content (AvgIpc) is 2.88. The predicted molar refractivity (Wildman–Crippen MR) is 70.7 cm³/mol. The van der Waals surface area contributed by atoms with Crippen LogP contribution in [0.1, 0.15) is 25.5 Å². The molecular formula is C13H18N4O. The van der Waals surface area contributed by atoms with E-state index in [-0.39, 0.29) is 6.04 Å². The summed E-state index contributed by atoms with van der Waals surface area (Å²) in [5.41, 5.74) is 2.13. The molecule has 5 heteroatoms. The molecule has 0 saturated carbocycles. The van der Waals surface area contributed by atoms with Crippen LogP contribution in [-0.2, 0) is 6.54 Å². The number of aryl methyl sites for hydroxylation is 1. The lowest BCUT2D eigenvalue weighted by atomic mass is 10.2. The van der Waals surface area contributed by atoms with Crippen LogP contribution >= 0.6 is 0 Å². The number of hydrogen-bond acceptors (Lipinski definition) is 4. The number of ether oxygens (including phenoxy) is 1. The maximum absolute atomic E-state index is 5.02. The van der Waals surface area contributed by atoms with Gasteiger partial charge in [-0.1, -0.05) is 0 Å². The van der Waals surface area contributed by atoms with Crippen LogP contribution in [-0.4, -0.2) is 21.9 Å². The molecule has 0 aliphatic heterocycles. The van der Waals surface area contributed by atoms with Gasteiger partial charge in [0.1, 0.15) is 0 Å². The number of anilines is 1. The van der Waals surface area contributed by atoms with Crippen molar-refractivity contribution in [1.29, 1.82) is 0 Å². The molecule has 18 heavy (non-hydrogen) atoms. The molecule has 1 unspecified atom stereocenters. The fourth-order valence-corrected chi connectivity index (χ4v) is 1.70. The highest BCUT2D eigenvalue weighted by Crippen LogP contribution is 2.19. The number of pyridine rings is 1. The van der Waals surface area contributed by atoms with Gasteiger partial charge in [-0.15, -0.1) is 0 Å². The monoisotopic (exact) mass is 246 g/mol. The third kappa shape index (κ3) is 2.80. The number of methoxy groups -OCH3 is 1. The van der Waals surface area contributed by atoms with Gasteiger partial charge in [0.05, 0.1) is 31.2 Å². The fraction of sp³-hybridized carbons (Fsp3) is 0.385. The molecule has 2 aromatic rings. The highest BCUT2D eigenvalue weighted by atomic mass is 16.5. The van der Waals surface area contributed by atoms with Crippen molar-refractivity contribution in [2.24, 2.45) is 0 Å². The van der Waals surface area contributed by atoms with E-state index < -0.39 is 0 Å². The lowest BCUT2D eigenvalue weighted by Gasteiger charge is -2.13. The molecule has 0 saturated heterocycles. The Balaban J connectivity index is 2.03. The quantitative estimate of drug-likeness (QED) is 0.880. The summed E-state index contributed by atoms with van der Waals surface area (Å²) >= 11 is 0. The molecule has 0 amide bonds. The van der Waals surface area contributed by atoms with Crippen molar-refractivity contribution in [2.45, 2.75) is 26.4 Å². The first-order valence-corrected chi connectivity index (χ1v) is 6.02. The van der Waals surface area contributed by atoms with Crippen molar-refractivity contribution in [3.8, 4) is 5.88 Å². The summed E-state index contributed by atoms with van der Waals surface area (Å²) in [5, 5.41) is 7.64. The SMILES string of the molecule is CCn1cc(C(C)Nc2ccc(OC)nc2)cn1. The van der Waals surface area contributed by atoms with Crippen molar-refractivity contribution >= 4 is 5.69 Å². The largest absolute Gasteiger partial charge is 0.481 e. The summed E-state index contributed by atoms with van der Waals surface area (Å²) in [5.74, 6) is 0.618. The molecule has 2 rings (SSSR count). The van der Waals surface area contributed by atoms with E-state index in [4.69, 9.17) is 4.74 Å². The van der Waals surface area contributed by atoms with Gasteiger partial charge in [-0.25, -0.2) is 4.98 Å². The molecule has 0 aliphatic carbocycles. The summed E-state index contributed by atoms with van der Waals surface area (Å²) in [6, 6.07) is 3.98. The van der Waals surface area contributed by atoms with Crippen LogP contribution in [0.3, 0.4) is 0 Å². The molecule has 0 aromatic carbocycles. The highest BCUT2D eigenvalue weighted by Gasteiger charge is 2.07. The van der Waals surface area contributed by atoms with Gasteiger partial charge in [-0.05, 0) is 19.9 Å². The van der Waals surface area contributed by atoms with Gasteiger partial charge >= 0.3 is 0 Å². The third-order valence-electron chi connectivity index (χ3n) is 2.81. The molecular weight excluding hydrogens is 228 g/mol. The minimum absolute atomic E-state index is 0.195. The summed E-state index contributed by atoms with van der Waals surface area (Å²) in [4.78, 5) is 4.16. The molecule has 1 N–H and O–H groups in total. The van der Waals surface area contributed by atoms with Crippen molar-refractivity contribution in [1.82, 2.24) is 14.8 Å². The van der Waals surface area contributed by atoms with E-state index >= 15 is 0 Å². The van der Waals surface area contributed by atoms with Crippen LogP contribution in [0.15, 0.2) is 30.7 Å². The Bertz CT molecular complexity index is 492. The minimum atomic E-state index is 0.195. The van der Waals surface area contributed by atoms with Crippen LogP contribution in [0.4, 0.5) is 5.69 Å². The highest BCUT2D eigenvalue weighted by molar-refractivity contribution is 5.44. The van der Waals surface area contributed by atoms with Gasteiger partial charge in [0.2, 0.25) is 5.88 Å². The average molecular weight is 246 g/mol. The number of rotatable bonds is 5. The van der Waals surface area contributed by atoms with Crippen LogP contribution in [0.25, 0.3) is 0 Å². The summed E-state index contributed by atoms with van der Waals surface area (Å²) < 4.78 is 6.94. The first kappa shape index (κ1) is 12.4. The molecule has 5 nitrogen and oxygen atoms in total. The third-order valence-corrected chi connectivity index (χ3v) is 2.81. The van der Waals surface area contributed by atoms with E-state index in [2.05, 4.69) is 35.4 Å². The standard InChI is InChI=1S/C13H18N4O/c1-4-17-9-11(7-15-17)10(2)16-12-5-6-13(18-3)14-8-12/h5-10,16H,4H2,1-3H3. The Labute approximate surface area is 107 Å². The van der Waals surface area contributed by atoms with Crippen molar-refractivity contribution in [3.05, 3.63) is 36.3 Å². The smallest absolute Gasteiger partial charge is 0.213 e. The van der Waals surface area contributed by atoms with E-state index in [1.54, 1.807) is 13.3 Å². The predicted octanol–water partition coefficient (Wildman–Crippen LogP) is 2.48. The van der Waals surface area contributed by atoms with Gasteiger partial charge < -0.3 is 10.1 Å². The second-order valence-electron chi connectivity index (χ2n) is 4.08. The number of nitrogens with one attached hydrogen (secondary N) is 1. The normalized spacial score (nSPS) is 12.2. The van der Waals surface area contributed by atoms with Crippen molar-refractivity contribution in [3.63, 3.8) is 0 Å². The van der Waals surface area contributed by atoms with E-state index in [1.165, 1.54) is 0 Å². The molecule has 0 spiro atoms. The number of hydrogen-bond donors (Lipinski definition) is 1. The van der Waals surface area contributed by atoms with Crippen LogP contribution in [0, 0.1) is 0 Å². The molecule has 1 atom stereocenters. The van der Waals surface area contributed by atoms with Gasteiger partial charge in [0.25, 0.3) is 0 Å². The molecule has 0 fully saturated rings. The van der Waals surface area contributed by atoms with E-state index in [1.807, 2.05) is 23.0 Å². The maximum Gasteiger partial charge on any atom is 0.213 e. The summed E-state index contributed by atoms with van der Waals surface area (Å²) in [6.07, 6.45) is 5.70. The van der Waals surface area contributed by atoms with E-state index in [0.29, 0.717) is 5.88 Å². The Morgan fingerprint density at radius 3 is 2.78 bits per heavy atom. The molecule has 0 bridgehead atoms. The second-order valence-corrected chi connectivity index (χ2v) is 4.08. The Hall–Kier alpha value is -2.04. The van der Waals surface area contributed by atoms with Gasteiger partial charge in [0.15, 0.2) is 0 Å². The zero-order valence-corrected chi connectivity index (χ0v) is 10.9. The molecule has 0 radical (unpaired) electrons. The molecule has 2 heterocycles. The molecule has 96 valence electrons. The van der Waals surface area contributed by atoms with Crippen molar-refractivity contribution in [2.75, 3.05) is 12.4 Å². The Morgan fingerprint density at radius 1 is 1.39 bits per heavy atom. The Kier molecular flexibility index (Phi) is 3.82. The first-order chi connectivity index (χ1) is 8.72. The van der Waals surface area contributed by atoms with Crippen LogP contribution < -0.4 is 10.1 Å². The van der Waals surface area contributed by atoms with Gasteiger partial charge in [-0.3, -0.25) is 4.68 Å². The topological polar surface area (TPSA) is 52.0 Å². The maximum atomic E-state index is 5.02. The minimum Gasteiger partial charge on any atom is -0.481 e. The fourth-order valence-electron chi connectivity index (χ4n) is 1.70. The lowest BCUT2D eigenvalue weighted by molar-refractivity contribution is 0.398. The van der Waals surface area contributed by atoms with E-state index in [9.17, 15) is 0 Å². The first-order valence-electron chi connectivity index (χ1n) is 6.02. The number of nitrogens with zero attached hydrogens (tertiary/aromatic N) is 3. The zero-order chi connectivity index (χ0) is 13.0. The van der Waals surface area contributed by atoms with Gasteiger partial charge in [-0.2, -0.15) is 5.10 Å². The lowest BCUT2D eigenvalue weighted by Crippen LogP contribution is -2.06.